The first-order valence-electron chi connectivity index (χ1n) is 5.94. The molecule has 0 spiro atoms. The fraction of sp³-hybridized carbons (Fsp3) is 0.286. The first-order valence-corrected chi connectivity index (χ1v) is 7.09. The van der Waals surface area contributed by atoms with Crippen molar-refractivity contribution in [3.05, 3.63) is 42.0 Å². The molecule has 1 aromatic rings. The van der Waals surface area contributed by atoms with Crippen LogP contribution in [0.2, 0.25) is 0 Å². The maximum absolute atomic E-state index is 11.5. The van der Waals surface area contributed by atoms with Crippen molar-refractivity contribution in [3.8, 4) is 5.75 Å². The number of carbonyl (C=O) groups is 2. The van der Waals surface area contributed by atoms with Gasteiger partial charge in [-0.2, -0.15) is 0 Å². The molecule has 0 fully saturated rings. The molecule has 0 saturated carbocycles. The van der Waals surface area contributed by atoms with E-state index in [1.54, 1.807) is 18.2 Å². The zero-order valence-corrected chi connectivity index (χ0v) is 12.0. The molecule has 1 amide bonds. The van der Waals surface area contributed by atoms with Gasteiger partial charge in [-0.3, -0.25) is 4.79 Å². The van der Waals surface area contributed by atoms with Gasteiger partial charge in [0.05, 0.1) is 12.9 Å². The summed E-state index contributed by atoms with van der Waals surface area (Å²) in [7, 11) is 1.42. The second kappa shape index (κ2) is 8.27. The summed E-state index contributed by atoms with van der Waals surface area (Å²) in [6, 6.07) is 4.80. The number of methoxy groups -OCH3 is 1. The monoisotopic (exact) mass is 295 g/mol. The van der Waals surface area contributed by atoms with Gasteiger partial charge in [-0.05, 0) is 17.7 Å². The van der Waals surface area contributed by atoms with Gasteiger partial charge in [0.15, 0.2) is 0 Å². The molecule has 108 valence electrons. The second-order valence-corrected chi connectivity index (χ2v) is 4.95. The minimum atomic E-state index is -1.06. The van der Waals surface area contributed by atoms with E-state index in [2.05, 4.69) is 11.9 Å². The smallest absolute Gasteiger partial charge is 0.339 e. The van der Waals surface area contributed by atoms with Crippen LogP contribution in [-0.2, 0) is 11.3 Å². The van der Waals surface area contributed by atoms with E-state index in [-0.39, 0.29) is 18.0 Å². The Morgan fingerprint density at radius 1 is 1.50 bits per heavy atom. The Kier molecular flexibility index (Phi) is 6.66. The van der Waals surface area contributed by atoms with Crippen LogP contribution < -0.4 is 10.1 Å². The molecule has 0 aliphatic heterocycles. The molecule has 1 aromatic carbocycles. The highest BCUT2D eigenvalue weighted by Crippen LogP contribution is 2.19. The lowest BCUT2D eigenvalue weighted by Gasteiger charge is -2.09. The molecule has 0 atom stereocenters. The summed E-state index contributed by atoms with van der Waals surface area (Å²) in [4.78, 5) is 22.6. The molecule has 0 aromatic heterocycles. The van der Waals surface area contributed by atoms with Crippen LogP contribution >= 0.6 is 11.8 Å². The molecule has 0 aliphatic rings. The number of aromatic carboxylic acids is 1. The van der Waals surface area contributed by atoms with Crippen LogP contribution in [0.3, 0.4) is 0 Å². The van der Waals surface area contributed by atoms with Crippen molar-refractivity contribution < 1.29 is 19.4 Å². The van der Waals surface area contributed by atoms with Crippen molar-refractivity contribution in [2.75, 3.05) is 18.6 Å². The predicted molar refractivity (Wildman–Crippen MR) is 79.3 cm³/mol. The van der Waals surface area contributed by atoms with E-state index in [0.29, 0.717) is 17.1 Å². The molecular formula is C14H17NO4S. The zero-order chi connectivity index (χ0) is 15.0. The third-order valence-corrected chi connectivity index (χ3v) is 3.39. The highest BCUT2D eigenvalue weighted by molar-refractivity contribution is 8.00. The SMILES string of the molecule is C=CCSCC(=O)NCc1ccc(OC)c(C(=O)O)c1. The lowest BCUT2D eigenvalue weighted by atomic mass is 10.1. The number of benzene rings is 1. The fourth-order valence-corrected chi connectivity index (χ4v) is 2.09. The van der Waals surface area contributed by atoms with Gasteiger partial charge in [-0.25, -0.2) is 4.79 Å². The number of ether oxygens (including phenoxy) is 1. The molecule has 0 radical (unpaired) electrons. The topological polar surface area (TPSA) is 75.6 Å². The van der Waals surface area contributed by atoms with E-state index in [9.17, 15) is 9.59 Å². The van der Waals surface area contributed by atoms with E-state index < -0.39 is 5.97 Å². The number of carbonyl (C=O) groups excluding carboxylic acids is 1. The quantitative estimate of drug-likeness (QED) is 0.566. The molecule has 5 nitrogen and oxygen atoms in total. The Balaban J connectivity index is 2.60. The lowest BCUT2D eigenvalue weighted by molar-refractivity contribution is -0.118. The number of thioether (sulfide) groups is 1. The van der Waals surface area contributed by atoms with Crippen molar-refractivity contribution in [2.24, 2.45) is 0 Å². The molecular weight excluding hydrogens is 278 g/mol. The summed E-state index contributed by atoms with van der Waals surface area (Å²) in [6.07, 6.45) is 1.74. The lowest BCUT2D eigenvalue weighted by Crippen LogP contribution is -2.24. The Labute approximate surface area is 122 Å². The van der Waals surface area contributed by atoms with Crippen LogP contribution in [0.4, 0.5) is 0 Å². The van der Waals surface area contributed by atoms with Gasteiger partial charge in [-0.15, -0.1) is 18.3 Å². The number of carboxylic acids is 1. The Morgan fingerprint density at radius 3 is 2.85 bits per heavy atom. The third kappa shape index (κ3) is 4.97. The minimum Gasteiger partial charge on any atom is -0.496 e. The van der Waals surface area contributed by atoms with Crippen LogP contribution in [0.15, 0.2) is 30.9 Å². The molecule has 1 rings (SSSR count). The van der Waals surface area contributed by atoms with Gasteiger partial charge in [0.1, 0.15) is 11.3 Å². The van der Waals surface area contributed by atoms with Crippen molar-refractivity contribution in [2.45, 2.75) is 6.54 Å². The summed E-state index contributed by atoms with van der Waals surface area (Å²) in [6.45, 7) is 3.86. The minimum absolute atomic E-state index is 0.0836. The number of hydrogen-bond acceptors (Lipinski definition) is 4. The van der Waals surface area contributed by atoms with Gasteiger partial charge < -0.3 is 15.2 Å². The zero-order valence-electron chi connectivity index (χ0n) is 11.2. The van der Waals surface area contributed by atoms with E-state index in [0.717, 1.165) is 5.75 Å². The molecule has 2 N–H and O–H groups in total. The van der Waals surface area contributed by atoms with Crippen molar-refractivity contribution in [1.29, 1.82) is 0 Å². The van der Waals surface area contributed by atoms with Gasteiger partial charge in [0.2, 0.25) is 5.91 Å². The number of amides is 1. The van der Waals surface area contributed by atoms with Crippen LogP contribution in [0.25, 0.3) is 0 Å². The largest absolute Gasteiger partial charge is 0.496 e. The molecule has 0 bridgehead atoms. The summed E-state index contributed by atoms with van der Waals surface area (Å²) in [5.74, 6) is 0.225. The van der Waals surface area contributed by atoms with E-state index in [1.165, 1.54) is 24.9 Å². The molecule has 6 heteroatoms. The molecule has 0 heterocycles. The van der Waals surface area contributed by atoms with E-state index in [1.807, 2.05) is 0 Å². The van der Waals surface area contributed by atoms with Crippen molar-refractivity contribution >= 4 is 23.6 Å². The summed E-state index contributed by atoms with van der Waals surface area (Å²) >= 11 is 1.47. The van der Waals surface area contributed by atoms with E-state index in [4.69, 9.17) is 9.84 Å². The van der Waals surface area contributed by atoms with Crippen LogP contribution in [0.5, 0.6) is 5.75 Å². The normalized spacial score (nSPS) is 9.85. The number of hydrogen-bond donors (Lipinski definition) is 2. The number of rotatable bonds is 8. The number of carboxylic acid groups (broad SMARTS) is 1. The summed E-state index contributed by atoms with van der Waals surface area (Å²) in [5, 5.41) is 11.8. The van der Waals surface area contributed by atoms with Crippen LogP contribution in [0.1, 0.15) is 15.9 Å². The average molecular weight is 295 g/mol. The first-order chi connectivity index (χ1) is 9.58. The van der Waals surface area contributed by atoms with Gasteiger partial charge in [0, 0.05) is 12.3 Å². The maximum atomic E-state index is 11.5. The average Bonchev–Trinajstić information content (AvgIpc) is 2.45. The van der Waals surface area contributed by atoms with Gasteiger partial charge >= 0.3 is 5.97 Å². The second-order valence-electron chi connectivity index (χ2n) is 3.92. The molecule has 0 saturated heterocycles. The van der Waals surface area contributed by atoms with Crippen LogP contribution in [-0.4, -0.2) is 35.6 Å². The predicted octanol–water partition coefficient (Wildman–Crippen LogP) is 1.93. The molecule has 20 heavy (non-hydrogen) atoms. The molecule has 0 unspecified atom stereocenters. The maximum Gasteiger partial charge on any atom is 0.339 e. The van der Waals surface area contributed by atoms with Crippen LogP contribution in [0, 0.1) is 0 Å². The fourth-order valence-electron chi connectivity index (χ4n) is 1.52. The Morgan fingerprint density at radius 2 is 2.25 bits per heavy atom. The Hall–Kier alpha value is -1.95. The number of nitrogens with one attached hydrogen (secondary N) is 1. The summed E-state index contributed by atoms with van der Waals surface area (Å²) < 4.78 is 4.97. The standard InChI is InChI=1S/C14H17NO4S/c1-3-6-20-9-13(16)15-8-10-4-5-12(19-2)11(7-10)14(17)18/h3-5,7H,1,6,8-9H2,2H3,(H,15,16)(H,17,18). The highest BCUT2D eigenvalue weighted by Gasteiger charge is 2.11. The Bertz CT molecular complexity index is 502. The third-order valence-electron chi connectivity index (χ3n) is 2.45. The van der Waals surface area contributed by atoms with Crippen molar-refractivity contribution in [1.82, 2.24) is 5.32 Å². The van der Waals surface area contributed by atoms with E-state index >= 15 is 0 Å². The van der Waals surface area contributed by atoms with Gasteiger partial charge in [-0.1, -0.05) is 12.1 Å². The highest BCUT2D eigenvalue weighted by atomic mass is 32.2. The molecule has 0 aliphatic carbocycles. The summed E-state index contributed by atoms with van der Waals surface area (Å²) in [5.41, 5.74) is 0.797. The first kappa shape index (κ1) is 16.1. The van der Waals surface area contributed by atoms with Crippen molar-refractivity contribution in [3.63, 3.8) is 0 Å². The van der Waals surface area contributed by atoms with Gasteiger partial charge in [0.25, 0.3) is 0 Å².